The molecule has 0 atom stereocenters. The van der Waals surface area contributed by atoms with Crippen molar-refractivity contribution in [3.63, 3.8) is 0 Å². The Morgan fingerprint density at radius 1 is 1.10 bits per heavy atom. The maximum atomic E-state index is 5.52. The Balaban J connectivity index is 1.62. The largest absolute Gasteiger partial charge is 0.338 e. The first-order chi connectivity index (χ1) is 9.80. The summed E-state index contributed by atoms with van der Waals surface area (Å²) in [7, 11) is 0. The number of aromatic nitrogens is 2. The van der Waals surface area contributed by atoms with Gasteiger partial charge in [-0.1, -0.05) is 30.8 Å². The molecule has 1 saturated carbocycles. The molecule has 0 amide bonds. The van der Waals surface area contributed by atoms with E-state index < -0.39 is 0 Å². The number of rotatable bonds is 3. The lowest BCUT2D eigenvalue weighted by Gasteiger charge is -2.42. The third-order valence-corrected chi connectivity index (χ3v) is 4.95. The molecule has 1 saturated heterocycles. The van der Waals surface area contributed by atoms with E-state index >= 15 is 0 Å². The van der Waals surface area contributed by atoms with Gasteiger partial charge in [0.15, 0.2) is 5.82 Å². The molecule has 0 bridgehead atoms. The second kappa shape index (κ2) is 6.22. The third kappa shape index (κ3) is 3.20. The van der Waals surface area contributed by atoms with E-state index in [-0.39, 0.29) is 0 Å². The zero-order chi connectivity index (χ0) is 13.8. The summed E-state index contributed by atoms with van der Waals surface area (Å²) in [6.45, 7) is 3.51. The molecule has 0 aromatic carbocycles. The van der Waals surface area contributed by atoms with Gasteiger partial charge in [0.05, 0.1) is 13.1 Å². The Morgan fingerprint density at radius 2 is 1.85 bits per heavy atom. The van der Waals surface area contributed by atoms with Crippen molar-refractivity contribution in [2.45, 2.75) is 64.5 Å². The molecule has 3 rings (SSSR count). The van der Waals surface area contributed by atoms with Gasteiger partial charge in [-0.2, -0.15) is 4.98 Å². The number of nitrogens with zero attached hydrogens (tertiary/aromatic N) is 3. The maximum absolute atomic E-state index is 5.52. The highest BCUT2D eigenvalue weighted by molar-refractivity contribution is 4.92. The van der Waals surface area contributed by atoms with Crippen LogP contribution in [0.2, 0.25) is 0 Å². The number of hydrogen-bond acceptors (Lipinski definition) is 5. The summed E-state index contributed by atoms with van der Waals surface area (Å²) in [5, 5.41) is 4.03. The van der Waals surface area contributed by atoms with E-state index in [4.69, 9.17) is 10.3 Å². The van der Waals surface area contributed by atoms with E-state index in [1.54, 1.807) is 0 Å². The molecule has 112 valence electrons. The number of hydrogen-bond donors (Lipinski definition) is 1. The van der Waals surface area contributed by atoms with Gasteiger partial charge < -0.3 is 10.3 Å². The van der Waals surface area contributed by atoms with Crippen molar-refractivity contribution >= 4 is 0 Å². The average Bonchev–Trinajstić information content (AvgIpc) is 2.79. The third-order valence-electron chi connectivity index (χ3n) is 4.95. The number of likely N-dealkylation sites (tertiary alicyclic amines) is 1. The first-order valence-electron chi connectivity index (χ1n) is 8.04. The van der Waals surface area contributed by atoms with Crippen molar-refractivity contribution in [1.29, 1.82) is 0 Å². The van der Waals surface area contributed by atoms with Crippen LogP contribution in [0.15, 0.2) is 4.52 Å². The minimum absolute atomic E-state index is 0.330. The normalized spacial score (nSPS) is 23.9. The zero-order valence-electron chi connectivity index (χ0n) is 12.3. The van der Waals surface area contributed by atoms with Gasteiger partial charge in [0.2, 0.25) is 5.89 Å². The molecule has 2 aliphatic rings. The molecule has 5 nitrogen and oxygen atoms in total. The summed E-state index contributed by atoms with van der Waals surface area (Å²) in [5.41, 5.74) is 6.08. The first-order valence-corrected chi connectivity index (χ1v) is 8.04. The summed E-state index contributed by atoms with van der Waals surface area (Å²) in [6.07, 6.45) is 11.2. The fourth-order valence-corrected chi connectivity index (χ4v) is 3.97. The second-order valence-corrected chi connectivity index (χ2v) is 6.54. The molecule has 20 heavy (non-hydrogen) atoms. The minimum Gasteiger partial charge on any atom is -0.338 e. The highest BCUT2D eigenvalue weighted by Gasteiger charge is 2.35. The van der Waals surface area contributed by atoms with Crippen LogP contribution in [0, 0.1) is 5.41 Å². The maximum Gasteiger partial charge on any atom is 0.240 e. The Labute approximate surface area is 120 Å². The predicted octanol–water partition coefficient (Wildman–Crippen LogP) is 2.46. The van der Waals surface area contributed by atoms with Crippen molar-refractivity contribution in [3.8, 4) is 0 Å². The Hall–Kier alpha value is -0.940. The van der Waals surface area contributed by atoms with E-state index in [2.05, 4.69) is 15.0 Å². The van der Waals surface area contributed by atoms with Crippen molar-refractivity contribution in [3.05, 3.63) is 11.7 Å². The van der Waals surface area contributed by atoms with Crippen molar-refractivity contribution in [1.82, 2.24) is 15.0 Å². The molecule has 1 spiro atoms. The average molecular weight is 278 g/mol. The molecule has 2 fully saturated rings. The molecule has 0 radical (unpaired) electrons. The van der Waals surface area contributed by atoms with Crippen molar-refractivity contribution in [2.24, 2.45) is 11.1 Å². The van der Waals surface area contributed by atoms with Crippen LogP contribution in [-0.2, 0) is 13.1 Å². The van der Waals surface area contributed by atoms with Crippen LogP contribution in [0.25, 0.3) is 0 Å². The van der Waals surface area contributed by atoms with Gasteiger partial charge in [0, 0.05) is 6.54 Å². The fourth-order valence-electron chi connectivity index (χ4n) is 3.97. The lowest BCUT2D eigenvalue weighted by molar-refractivity contribution is 0.0664. The monoisotopic (exact) mass is 278 g/mol. The van der Waals surface area contributed by atoms with E-state index in [1.807, 2.05) is 0 Å². The predicted molar refractivity (Wildman–Crippen MR) is 76.8 cm³/mol. The van der Waals surface area contributed by atoms with E-state index in [0.29, 0.717) is 17.9 Å². The molecule has 0 unspecified atom stereocenters. The molecule has 1 aliphatic heterocycles. The summed E-state index contributed by atoms with van der Waals surface area (Å²) < 4.78 is 5.10. The Bertz CT molecular complexity index is 423. The highest BCUT2D eigenvalue weighted by atomic mass is 16.5. The molecule has 2 N–H and O–H groups in total. The lowest BCUT2D eigenvalue weighted by Crippen LogP contribution is -2.42. The number of piperidine rings is 1. The summed E-state index contributed by atoms with van der Waals surface area (Å²) in [6, 6.07) is 0. The van der Waals surface area contributed by atoms with Crippen LogP contribution in [0.1, 0.15) is 63.1 Å². The van der Waals surface area contributed by atoms with Gasteiger partial charge in [-0.3, -0.25) is 4.90 Å². The Morgan fingerprint density at radius 3 is 2.55 bits per heavy atom. The van der Waals surface area contributed by atoms with Crippen LogP contribution < -0.4 is 5.73 Å². The lowest BCUT2D eigenvalue weighted by atomic mass is 9.74. The second-order valence-electron chi connectivity index (χ2n) is 6.54. The van der Waals surface area contributed by atoms with Gasteiger partial charge in [-0.15, -0.1) is 0 Å². The van der Waals surface area contributed by atoms with Gasteiger partial charge in [0.25, 0.3) is 0 Å². The van der Waals surface area contributed by atoms with Crippen LogP contribution >= 0.6 is 0 Å². The first kappa shape index (κ1) is 14.0. The molecule has 1 aromatic rings. The quantitative estimate of drug-likeness (QED) is 0.920. The standard InChI is InChI=1S/C15H26N4O/c16-10-14-17-13(18-20-14)11-19-9-5-8-15(12-19)6-3-1-2-4-7-15/h1-12,16H2. The summed E-state index contributed by atoms with van der Waals surface area (Å²) in [5.74, 6) is 1.33. The van der Waals surface area contributed by atoms with Crippen molar-refractivity contribution in [2.75, 3.05) is 13.1 Å². The van der Waals surface area contributed by atoms with Gasteiger partial charge >= 0.3 is 0 Å². The van der Waals surface area contributed by atoms with Crippen LogP contribution in [0.4, 0.5) is 0 Å². The van der Waals surface area contributed by atoms with Gasteiger partial charge in [-0.25, -0.2) is 0 Å². The summed E-state index contributed by atoms with van der Waals surface area (Å²) >= 11 is 0. The highest BCUT2D eigenvalue weighted by Crippen LogP contribution is 2.42. The zero-order valence-corrected chi connectivity index (χ0v) is 12.3. The van der Waals surface area contributed by atoms with Gasteiger partial charge in [0.1, 0.15) is 0 Å². The molecule has 1 aromatic heterocycles. The molecule has 1 aliphatic carbocycles. The van der Waals surface area contributed by atoms with Crippen LogP contribution in [-0.4, -0.2) is 28.1 Å². The van der Waals surface area contributed by atoms with Gasteiger partial charge in [-0.05, 0) is 37.6 Å². The van der Waals surface area contributed by atoms with Crippen LogP contribution in [0.5, 0.6) is 0 Å². The smallest absolute Gasteiger partial charge is 0.240 e. The van der Waals surface area contributed by atoms with E-state index in [1.165, 1.54) is 57.9 Å². The minimum atomic E-state index is 0.330. The summed E-state index contributed by atoms with van der Waals surface area (Å²) in [4.78, 5) is 6.84. The Kier molecular flexibility index (Phi) is 4.36. The number of nitrogens with two attached hydrogens (primary N) is 1. The molecular weight excluding hydrogens is 252 g/mol. The van der Waals surface area contributed by atoms with E-state index in [0.717, 1.165) is 18.9 Å². The van der Waals surface area contributed by atoms with Crippen molar-refractivity contribution < 1.29 is 4.52 Å². The molecule has 5 heteroatoms. The topological polar surface area (TPSA) is 68.2 Å². The van der Waals surface area contributed by atoms with E-state index in [9.17, 15) is 0 Å². The van der Waals surface area contributed by atoms with Crippen LogP contribution in [0.3, 0.4) is 0 Å². The SMILES string of the molecule is NCc1nc(CN2CCCC3(CCCCCC3)C2)no1. The fraction of sp³-hybridized carbons (Fsp3) is 0.867. The molecule has 2 heterocycles. The molecular formula is C15H26N4O.